The number of rotatable bonds is 3. The molecule has 0 spiro atoms. The predicted molar refractivity (Wildman–Crippen MR) is 69.9 cm³/mol. The van der Waals surface area contributed by atoms with E-state index in [2.05, 4.69) is 54.5 Å². The van der Waals surface area contributed by atoms with Gasteiger partial charge in [-0.1, -0.05) is 25.1 Å². The molecule has 2 nitrogen and oxygen atoms in total. The Labute approximate surface area is 96.7 Å². The lowest BCUT2D eigenvalue weighted by atomic mass is 10.1. The number of nitrogens with zero attached hydrogens (tertiary/aromatic N) is 1. The van der Waals surface area contributed by atoms with E-state index in [0.717, 1.165) is 23.3 Å². The normalized spacial score (nSPS) is 12.7. The van der Waals surface area contributed by atoms with Gasteiger partial charge in [-0.3, -0.25) is 4.98 Å². The second-order valence-electron chi connectivity index (χ2n) is 4.28. The van der Waals surface area contributed by atoms with Crippen molar-refractivity contribution in [1.82, 2.24) is 4.98 Å². The van der Waals surface area contributed by atoms with Gasteiger partial charge in [-0.05, 0) is 32.4 Å². The van der Waals surface area contributed by atoms with Gasteiger partial charge in [-0.2, -0.15) is 0 Å². The third-order valence-electron chi connectivity index (χ3n) is 2.87. The summed E-state index contributed by atoms with van der Waals surface area (Å²) in [7, 11) is 0. The van der Waals surface area contributed by atoms with E-state index >= 15 is 0 Å². The summed E-state index contributed by atoms with van der Waals surface area (Å²) < 4.78 is 0. The maximum atomic E-state index is 4.60. The van der Waals surface area contributed by atoms with Gasteiger partial charge in [0.25, 0.3) is 0 Å². The van der Waals surface area contributed by atoms with Crippen molar-refractivity contribution in [2.75, 3.05) is 5.32 Å². The van der Waals surface area contributed by atoms with Crippen molar-refractivity contribution in [2.45, 2.75) is 33.2 Å². The first-order chi connectivity index (χ1) is 7.70. The molecule has 84 valence electrons. The molecule has 0 amide bonds. The van der Waals surface area contributed by atoms with Crippen LogP contribution in [0.3, 0.4) is 0 Å². The minimum Gasteiger partial charge on any atom is -0.381 e. The van der Waals surface area contributed by atoms with Crippen LogP contribution >= 0.6 is 0 Å². The molecular weight excluding hydrogens is 196 g/mol. The number of pyridine rings is 1. The zero-order valence-electron chi connectivity index (χ0n) is 10.1. The Kier molecular flexibility index (Phi) is 3.09. The number of hydrogen-bond acceptors (Lipinski definition) is 2. The van der Waals surface area contributed by atoms with E-state index in [1.54, 1.807) is 0 Å². The van der Waals surface area contributed by atoms with Crippen LogP contribution in [0.5, 0.6) is 0 Å². The van der Waals surface area contributed by atoms with Gasteiger partial charge in [0, 0.05) is 17.1 Å². The number of aryl methyl sites for hydroxylation is 1. The fraction of sp³-hybridized carbons (Fsp3) is 0.357. The smallest absolute Gasteiger partial charge is 0.0936 e. The van der Waals surface area contributed by atoms with Crippen molar-refractivity contribution < 1.29 is 0 Å². The SMILES string of the molecule is CCC(C)Nc1cccc2ccc(C)nc12. The maximum absolute atomic E-state index is 4.60. The highest BCUT2D eigenvalue weighted by atomic mass is 14.9. The molecule has 1 unspecified atom stereocenters. The van der Waals surface area contributed by atoms with Crippen LogP contribution < -0.4 is 5.32 Å². The van der Waals surface area contributed by atoms with Crippen molar-refractivity contribution in [3.05, 3.63) is 36.0 Å². The Bertz CT molecular complexity index is 491. The van der Waals surface area contributed by atoms with E-state index in [1.807, 2.05) is 6.92 Å². The van der Waals surface area contributed by atoms with Gasteiger partial charge in [-0.25, -0.2) is 0 Å². The number of para-hydroxylation sites is 1. The topological polar surface area (TPSA) is 24.9 Å². The van der Waals surface area contributed by atoms with Crippen LogP contribution in [0.2, 0.25) is 0 Å². The fourth-order valence-corrected chi connectivity index (χ4v) is 1.73. The van der Waals surface area contributed by atoms with E-state index in [1.165, 1.54) is 5.39 Å². The quantitative estimate of drug-likeness (QED) is 0.841. The molecule has 0 aliphatic carbocycles. The van der Waals surface area contributed by atoms with Crippen molar-refractivity contribution in [3.63, 3.8) is 0 Å². The van der Waals surface area contributed by atoms with Gasteiger partial charge in [0.2, 0.25) is 0 Å². The Morgan fingerprint density at radius 3 is 2.81 bits per heavy atom. The van der Waals surface area contributed by atoms with Crippen LogP contribution in [0, 0.1) is 6.92 Å². The average Bonchev–Trinajstić information content (AvgIpc) is 2.29. The average molecular weight is 214 g/mol. The van der Waals surface area contributed by atoms with Crippen molar-refractivity contribution >= 4 is 16.6 Å². The van der Waals surface area contributed by atoms with Gasteiger partial charge in [0.05, 0.1) is 11.2 Å². The Morgan fingerprint density at radius 1 is 1.25 bits per heavy atom. The van der Waals surface area contributed by atoms with Crippen LogP contribution in [0.25, 0.3) is 10.9 Å². The highest BCUT2D eigenvalue weighted by Crippen LogP contribution is 2.22. The van der Waals surface area contributed by atoms with E-state index < -0.39 is 0 Å². The molecule has 1 aromatic heterocycles. The monoisotopic (exact) mass is 214 g/mol. The predicted octanol–water partition coefficient (Wildman–Crippen LogP) is 3.75. The highest BCUT2D eigenvalue weighted by Gasteiger charge is 2.04. The molecule has 0 aliphatic rings. The van der Waals surface area contributed by atoms with Crippen LogP contribution in [-0.2, 0) is 0 Å². The van der Waals surface area contributed by atoms with Gasteiger partial charge < -0.3 is 5.32 Å². The largest absolute Gasteiger partial charge is 0.381 e. The lowest BCUT2D eigenvalue weighted by Crippen LogP contribution is -2.13. The summed E-state index contributed by atoms with van der Waals surface area (Å²) in [6.45, 7) is 6.40. The molecule has 1 atom stereocenters. The van der Waals surface area contributed by atoms with Gasteiger partial charge >= 0.3 is 0 Å². The number of hydrogen-bond donors (Lipinski definition) is 1. The minimum atomic E-state index is 0.480. The Balaban J connectivity index is 2.47. The first-order valence-corrected chi connectivity index (χ1v) is 5.83. The number of fused-ring (bicyclic) bond motifs is 1. The van der Waals surface area contributed by atoms with Gasteiger partial charge in [0.1, 0.15) is 0 Å². The molecule has 0 bridgehead atoms. The maximum Gasteiger partial charge on any atom is 0.0936 e. The van der Waals surface area contributed by atoms with Crippen molar-refractivity contribution in [2.24, 2.45) is 0 Å². The van der Waals surface area contributed by atoms with Crippen molar-refractivity contribution in [3.8, 4) is 0 Å². The molecule has 0 aliphatic heterocycles. The molecule has 0 saturated heterocycles. The molecule has 0 fully saturated rings. The summed E-state index contributed by atoms with van der Waals surface area (Å²) in [5.74, 6) is 0. The lowest BCUT2D eigenvalue weighted by molar-refractivity contribution is 0.765. The Morgan fingerprint density at radius 2 is 2.06 bits per heavy atom. The molecule has 1 N–H and O–H groups in total. The minimum absolute atomic E-state index is 0.480. The van der Waals surface area contributed by atoms with Crippen LogP contribution in [-0.4, -0.2) is 11.0 Å². The third-order valence-corrected chi connectivity index (χ3v) is 2.87. The zero-order valence-corrected chi connectivity index (χ0v) is 10.1. The molecule has 0 saturated carbocycles. The first-order valence-electron chi connectivity index (χ1n) is 5.83. The number of aromatic nitrogens is 1. The molecule has 1 aromatic carbocycles. The second kappa shape index (κ2) is 4.52. The summed E-state index contributed by atoms with van der Waals surface area (Å²) >= 11 is 0. The molecule has 16 heavy (non-hydrogen) atoms. The van der Waals surface area contributed by atoms with Crippen molar-refractivity contribution in [1.29, 1.82) is 0 Å². The van der Waals surface area contributed by atoms with Gasteiger partial charge in [0.15, 0.2) is 0 Å². The molecule has 2 heteroatoms. The molecule has 1 heterocycles. The van der Waals surface area contributed by atoms with E-state index in [0.29, 0.717) is 6.04 Å². The summed E-state index contributed by atoms with van der Waals surface area (Å²) in [6, 6.07) is 10.9. The number of anilines is 1. The first kappa shape index (κ1) is 10.9. The van der Waals surface area contributed by atoms with Crippen LogP contribution in [0.4, 0.5) is 5.69 Å². The Hall–Kier alpha value is -1.57. The molecule has 2 aromatic rings. The number of nitrogens with one attached hydrogen (secondary N) is 1. The fourth-order valence-electron chi connectivity index (χ4n) is 1.73. The van der Waals surface area contributed by atoms with E-state index in [-0.39, 0.29) is 0 Å². The third kappa shape index (κ3) is 2.16. The molecule has 2 rings (SSSR count). The summed E-state index contributed by atoms with van der Waals surface area (Å²) in [6.07, 6.45) is 1.11. The van der Waals surface area contributed by atoms with Crippen LogP contribution in [0.15, 0.2) is 30.3 Å². The summed E-state index contributed by atoms with van der Waals surface area (Å²) in [5, 5.41) is 4.69. The molecular formula is C14H18N2. The highest BCUT2D eigenvalue weighted by molar-refractivity contribution is 5.90. The van der Waals surface area contributed by atoms with Gasteiger partial charge in [-0.15, -0.1) is 0 Å². The lowest BCUT2D eigenvalue weighted by Gasteiger charge is -2.14. The van der Waals surface area contributed by atoms with Crippen LogP contribution in [0.1, 0.15) is 26.0 Å². The standard InChI is InChI=1S/C14H18N2/c1-4-10(2)15-13-7-5-6-12-9-8-11(3)16-14(12)13/h5-10,15H,4H2,1-3H3. The molecule has 0 radical (unpaired) electrons. The summed E-state index contributed by atoms with van der Waals surface area (Å²) in [4.78, 5) is 4.60. The number of benzene rings is 1. The van der Waals surface area contributed by atoms with E-state index in [9.17, 15) is 0 Å². The second-order valence-corrected chi connectivity index (χ2v) is 4.28. The summed E-state index contributed by atoms with van der Waals surface area (Å²) in [5.41, 5.74) is 3.27. The van der Waals surface area contributed by atoms with E-state index in [4.69, 9.17) is 0 Å². The zero-order chi connectivity index (χ0) is 11.5.